The van der Waals surface area contributed by atoms with Crippen molar-refractivity contribution in [3.8, 4) is 0 Å². The highest BCUT2D eigenvalue weighted by atomic mass is 35.5. The summed E-state index contributed by atoms with van der Waals surface area (Å²) in [5.41, 5.74) is 10.6. The first kappa shape index (κ1) is 18.2. The molecule has 0 aromatic carbocycles. The van der Waals surface area contributed by atoms with Crippen LogP contribution in [0.15, 0.2) is 0 Å². The van der Waals surface area contributed by atoms with Crippen LogP contribution in [0.2, 0.25) is 0 Å². The van der Waals surface area contributed by atoms with E-state index in [1.54, 1.807) is 0 Å². The maximum Gasteiger partial charge on any atom is 0.237 e. The fourth-order valence-electron chi connectivity index (χ4n) is 2.62. The van der Waals surface area contributed by atoms with Gasteiger partial charge in [0.1, 0.15) is 0 Å². The second kappa shape index (κ2) is 9.15. The summed E-state index contributed by atoms with van der Waals surface area (Å²) < 4.78 is 0. The number of hydrogen-bond donors (Lipinski definition) is 3. The van der Waals surface area contributed by atoms with Crippen LogP contribution in [-0.4, -0.2) is 23.9 Å². The normalized spacial score (nSPS) is 24.1. The Balaban J connectivity index is 0.00000324. The molecule has 1 rings (SSSR count). The van der Waals surface area contributed by atoms with Gasteiger partial charge in [0, 0.05) is 6.04 Å². The molecule has 0 aliphatic heterocycles. The lowest BCUT2D eigenvalue weighted by Gasteiger charge is -2.29. The van der Waals surface area contributed by atoms with Crippen molar-refractivity contribution in [1.29, 1.82) is 0 Å². The Morgan fingerprint density at radius 2 is 1.84 bits per heavy atom. The van der Waals surface area contributed by atoms with Crippen molar-refractivity contribution in [2.45, 2.75) is 64.0 Å². The monoisotopic (exact) mass is 291 g/mol. The van der Waals surface area contributed by atoms with Crippen molar-refractivity contribution in [3.05, 3.63) is 0 Å². The molecule has 5 nitrogen and oxygen atoms in total. The summed E-state index contributed by atoms with van der Waals surface area (Å²) in [4.78, 5) is 22.4. The van der Waals surface area contributed by atoms with Gasteiger partial charge < -0.3 is 16.8 Å². The highest BCUT2D eigenvalue weighted by Gasteiger charge is 2.24. The smallest absolute Gasteiger partial charge is 0.237 e. The summed E-state index contributed by atoms with van der Waals surface area (Å²) in [6.45, 7) is 2.21. The molecular formula is C13H26ClN3O2. The molecule has 1 aliphatic rings. The second-order valence-corrected chi connectivity index (χ2v) is 5.29. The van der Waals surface area contributed by atoms with Crippen LogP contribution in [0.25, 0.3) is 0 Å². The average Bonchev–Trinajstić information content (AvgIpc) is 2.31. The molecule has 0 spiro atoms. The fourth-order valence-corrected chi connectivity index (χ4v) is 2.62. The van der Waals surface area contributed by atoms with E-state index in [0.29, 0.717) is 0 Å². The molecule has 5 N–H and O–H groups in total. The summed E-state index contributed by atoms with van der Waals surface area (Å²) in [5.74, 6) is 0.0134. The van der Waals surface area contributed by atoms with E-state index < -0.39 is 11.9 Å². The van der Waals surface area contributed by atoms with Crippen LogP contribution < -0.4 is 16.8 Å². The van der Waals surface area contributed by atoms with Gasteiger partial charge in [-0.15, -0.1) is 12.4 Å². The first-order chi connectivity index (χ1) is 8.52. The Morgan fingerprint density at radius 3 is 2.32 bits per heavy atom. The number of rotatable bonds is 6. The number of primary amides is 1. The molecule has 6 heteroatoms. The Hall–Kier alpha value is -0.810. The molecule has 1 fully saturated rings. The molecular weight excluding hydrogens is 266 g/mol. The fraction of sp³-hybridized carbons (Fsp3) is 0.846. The summed E-state index contributed by atoms with van der Waals surface area (Å²) in [7, 11) is 0. The SMILES string of the molecule is CCCC1CCC(NC(=O)C(N)CC(N)=O)CC1.Cl. The van der Waals surface area contributed by atoms with E-state index in [2.05, 4.69) is 12.2 Å². The van der Waals surface area contributed by atoms with Crippen molar-refractivity contribution in [2.75, 3.05) is 0 Å². The quantitative estimate of drug-likeness (QED) is 0.683. The highest BCUT2D eigenvalue weighted by molar-refractivity contribution is 5.87. The molecule has 0 aromatic heterocycles. The van der Waals surface area contributed by atoms with E-state index in [-0.39, 0.29) is 30.8 Å². The standard InChI is InChI=1S/C13H25N3O2.ClH/c1-2-3-9-4-6-10(7-5-9)16-13(18)11(14)8-12(15)17;/h9-11H,2-8,14H2,1H3,(H2,15,17)(H,16,18);1H. The highest BCUT2D eigenvalue weighted by Crippen LogP contribution is 2.27. The van der Waals surface area contributed by atoms with Crippen LogP contribution in [0.5, 0.6) is 0 Å². The van der Waals surface area contributed by atoms with Gasteiger partial charge >= 0.3 is 0 Å². The number of hydrogen-bond acceptors (Lipinski definition) is 3. The van der Waals surface area contributed by atoms with Gasteiger partial charge in [-0.25, -0.2) is 0 Å². The molecule has 1 aliphatic carbocycles. The maximum atomic E-state index is 11.7. The van der Waals surface area contributed by atoms with E-state index in [0.717, 1.165) is 18.8 Å². The molecule has 2 amide bonds. The molecule has 1 unspecified atom stereocenters. The van der Waals surface area contributed by atoms with Crippen LogP contribution in [0.4, 0.5) is 0 Å². The number of carbonyl (C=O) groups excluding carboxylic acids is 2. The number of halogens is 1. The molecule has 0 bridgehead atoms. The molecule has 19 heavy (non-hydrogen) atoms. The zero-order valence-corrected chi connectivity index (χ0v) is 12.4. The Labute approximate surface area is 121 Å². The third-order valence-corrected chi connectivity index (χ3v) is 3.65. The number of nitrogens with one attached hydrogen (secondary N) is 1. The second-order valence-electron chi connectivity index (χ2n) is 5.29. The van der Waals surface area contributed by atoms with E-state index >= 15 is 0 Å². The molecule has 112 valence electrons. The van der Waals surface area contributed by atoms with Gasteiger partial charge in [-0.05, 0) is 31.6 Å². The minimum atomic E-state index is -0.809. The molecule has 0 aromatic rings. The van der Waals surface area contributed by atoms with Gasteiger partial charge in [0.25, 0.3) is 0 Å². The minimum Gasteiger partial charge on any atom is -0.370 e. The number of nitrogens with two attached hydrogens (primary N) is 2. The first-order valence-corrected chi connectivity index (χ1v) is 6.87. The predicted molar refractivity (Wildman–Crippen MR) is 77.8 cm³/mol. The third kappa shape index (κ3) is 6.78. The Bertz CT molecular complexity index is 292. The first-order valence-electron chi connectivity index (χ1n) is 6.87. The summed E-state index contributed by atoms with van der Waals surface area (Å²) in [6.07, 6.45) is 6.79. The maximum absolute atomic E-state index is 11.7. The predicted octanol–water partition coefficient (Wildman–Crippen LogP) is 1.09. The average molecular weight is 292 g/mol. The van der Waals surface area contributed by atoms with Crippen LogP contribution >= 0.6 is 12.4 Å². The minimum absolute atomic E-state index is 0. The lowest BCUT2D eigenvalue weighted by Crippen LogP contribution is -2.47. The largest absolute Gasteiger partial charge is 0.370 e. The van der Waals surface area contributed by atoms with Crippen LogP contribution in [0.3, 0.4) is 0 Å². The third-order valence-electron chi connectivity index (χ3n) is 3.65. The van der Waals surface area contributed by atoms with Crippen molar-refractivity contribution in [2.24, 2.45) is 17.4 Å². The molecule has 1 atom stereocenters. The molecule has 0 heterocycles. The van der Waals surface area contributed by atoms with Gasteiger partial charge in [-0.2, -0.15) is 0 Å². The van der Waals surface area contributed by atoms with Crippen LogP contribution in [0, 0.1) is 5.92 Å². The zero-order valence-electron chi connectivity index (χ0n) is 11.6. The lowest BCUT2D eigenvalue weighted by atomic mass is 9.83. The van der Waals surface area contributed by atoms with Gasteiger partial charge in [0.2, 0.25) is 11.8 Å². The summed E-state index contributed by atoms with van der Waals surface area (Å²) in [6, 6.07) is -0.597. The number of carbonyl (C=O) groups is 2. The van der Waals surface area contributed by atoms with Crippen molar-refractivity contribution in [1.82, 2.24) is 5.32 Å². The van der Waals surface area contributed by atoms with Crippen LogP contribution in [0.1, 0.15) is 51.9 Å². The van der Waals surface area contributed by atoms with Crippen molar-refractivity contribution < 1.29 is 9.59 Å². The Kier molecular flexibility index (Phi) is 8.76. The topological polar surface area (TPSA) is 98.2 Å². The van der Waals surface area contributed by atoms with Gasteiger partial charge in [-0.1, -0.05) is 19.8 Å². The molecule has 0 radical (unpaired) electrons. The van der Waals surface area contributed by atoms with Crippen molar-refractivity contribution >= 4 is 24.2 Å². The van der Waals surface area contributed by atoms with Crippen molar-refractivity contribution in [3.63, 3.8) is 0 Å². The van der Waals surface area contributed by atoms with E-state index in [1.807, 2.05) is 0 Å². The van der Waals surface area contributed by atoms with Gasteiger partial charge in [-0.3, -0.25) is 9.59 Å². The van der Waals surface area contributed by atoms with E-state index in [1.165, 1.54) is 25.7 Å². The molecule has 0 saturated heterocycles. The van der Waals surface area contributed by atoms with Crippen LogP contribution in [-0.2, 0) is 9.59 Å². The van der Waals surface area contributed by atoms with Gasteiger partial charge in [0.15, 0.2) is 0 Å². The summed E-state index contributed by atoms with van der Waals surface area (Å²) >= 11 is 0. The Morgan fingerprint density at radius 1 is 1.26 bits per heavy atom. The summed E-state index contributed by atoms with van der Waals surface area (Å²) in [5, 5.41) is 2.91. The van der Waals surface area contributed by atoms with E-state index in [4.69, 9.17) is 11.5 Å². The van der Waals surface area contributed by atoms with E-state index in [9.17, 15) is 9.59 Å². The molecule has 1 saturated carbocycles. The zero-order chi connectivity index (χ0) is 13.5. The number of amides is 2. The van der Waals surface area contributed by atoms with Gasteiger partial charge in [0.05, 0.1) is 12.5 Å². The lowest BCUT2D eigenvalue weighted by molar-refractivity contribution is -0.127.